The van der Waals surface area contributed by atoms with Crippen molar-refractivity contribution in [3.05, 3.63) is 62.8 Å². The van der Waals surface area contributed by atoms with Crippen LogP contribution in [0.3, 0.4) is 0 Å². The number of benzene rings is 1. The second-order valence-corrected chi connectivity index (χ2v) is 7.15. The van der Waals surface area contributed by atoms with E-state index in [1.165, 1.54) is 30.2 Å². The topological polar surface area (TPSA) is 106 Å². The third-order valence-electron chi connectivity index (χ3n) is 3.73. The number of nitro benzene ring substituents is 1. The van der Waals surface area contributed by atoms with E-state index < -0.39 is 16.4 Å². The average Bonchev–Trinajstić information content (AvgIpc) is 2.91. The van der Waals surface area contributed by atoms with Crippen LogP contribution in [0.5, 0.6) is 11.5 Å². The van der Waals surface area contributed by atoms with Crippen LogP contribution in [0.4, 0.5) is 5.69 Å². The van der Waals surface area contributed by atoms with Gasteiger partial charge in [-0.2, -0.15) is 0 Å². The number of carbonyl (C=O) groups is 1. The van der Waals surface area contributed by atoms with Crippen LogP contribution in [-0.4, -0.2) is 37.3 Å². The Morgan fingerprint density at radius 3 is 2.89 bits per heavy atom. The number of aromatic hydroxyl groups is 1. The number of ether oxygens (including phenoxy) is 1. The van der Waals surface area contributed by atoms with E-state index in [0.717, 1.165) is 17.3 Å². The Balaban J connectivity index is 1.92. The number of thioether (sulfide) groups is 1. The summed E-state index contributed by atoms with van der Waals surface area (Å²) < 4.78 is 5.36. The molecule has 1 amide bonds. The average molecular weight is 403 g/mol. The number of nitrogens with zero attached hydrogens (tertiary/aromatic N) is 3. The van der Waals surface area contributed by atoms with Crippen molar-refractivity contribution in [1.82, 2.24) is 9.88 Å². The molecule has 3 rings (SSSR count). The Labute approximate surface area is 163 Å². The Morgan fingerprint density at radius 1 is 1.48 bits per heavy atom. The number of carbonyl (C=O) groups excluding carboxylic acids is 1. The van der Waals surface area contributed by atoms with Gasteiger partial charge < -0.3 is 9.84 Å². The minimum atomic E-state index is -0.719. The zero-order valence-corrected chi connectivity index (χ0v) is 15.6. The van der Waals surface area contributed by atoms with E-state index in [9.17, 15) is 20.0 Å². The third kappa shape index (κ3) is 3.91. The van der Waals surface area contributed by atoms with Crippen molar-refractivity contribution in [2.45, 2.75) is 6.54 Å². The highest BCUT2D eigenvalue weighted by molar-refractivity contribution is 8.26. The molecule has 1 saturated heterocycles. The molecule has 1 aromatic heterocycles. The molecule has 0 bridgehead atoms. The van der Waals surface area contributed by atoms with Gasteiger partial charge in [-0.15, -0.1) is 0 Å². The number of amides is 1. The molecule has 0 spiro atoms. The summed E-state index contributed by atoms with van der Waals surface area (Å²) in [6, 6.07) is 6.19. The van der Waals surface area contributed by atoms with E-state index in [1.807, 2.05) is 6.07 Å². The summed E-state index contributed by atoms with van der Waals surface area (Å²) in [6.07, 6.45) is 4.77. The number of hydrogen-bond donors (Lipinski definition) is 1. The maximum atomic E-state index is 12.7. The highest BCUT2D eigenvalue weighted by atomic mass is 32.2. The van der Waals surface area contributed by atoms with Gasteiger partial charge in [-0.05, 0) is 29.3 Å². The van der Waals surface area contributed by atoms with Gasteiger partial charge in [0.05, 0.1) is 23.5 Å². The van der Waals surface area contributed by atoms with Gasteiger partial charge in [0.2, 0.25) is 5.75 Å². The van der Waals surface area contributed by atoms with Gasteiger partial charge in [-0.25, -0.2) is 0 Å². The monoisotopic (exact) mass is 403 g/mol. The molecule has 138 valence electrons. The normalized spacial score (nSPS) is 15.4. The van der Waals surface area contributed by atoms with Crippen molar-refractivity contribution < 1.29 is 19.6 Å². The smallest absolute Gasteiger partial charge is 0.315 e. The van der Waals surface area contributed by atoms with E-state index in [4.69, 9.17) is 17.0 Å². The molecule has 0 unspecified atom stereocenters. The number of hydrogen-bond acceptors (Lipinski definition) is 8. The van der Waals surface area contributed by atoms with Gasteiger partial charge >= 0.3 is 5.69 Å². The number of nitro groups is 1. The molecule has 10 heteroatoms. The molecule has 27 heavy (non-hydrogen) atoms. The fourth-order valence-electron chi connectivity index (χ4n) is 2.45. The molecule has 2 aromatic rings. The van der Waals surface area contributed by atoms with Gasteiger partial charge in [0.1, 0.15) is 4.32 Å². The van der Waals surface area contributed by atoms with Crippen molar-refractivity contribution >= 4 is 46.0 Å². The molecule has 1 aliphatic rings. The van der Waals surface area contributed by atoms with E-state index >= 15 is 0 Å². The van der Waals surface area contributed by atoms with Crippen LogP contribution in [-0.2, 0) is 11.3 Å². The molecule has 1 N–H and O–H groups in total. The van der Waals surface area contributed by atoms with Crippen molar-refractivity contribution in [2.75, 3.05) is 7.11 Å². The molecular formula is C17H13N3O5S2. The minimum Gasteiger partial charge on any atom is -0.500 e. The number of rotatable bonds is 5. The third-order valence-corrected chi connectivity index (χ3v) is 5.11. The van der Waals surface area contributed by atoms with Crippen LogP contribution < -0.4 is 4.74 Å². The first-order chi connectivity index (χ1) is 12.9. The molecule has 0 radical (unpaired) electrons. The van der Waals surface area contributed by atoms with Crippen LogP contribution >= 0.6 is 24.0 Å². The lowest BCUT2D eigenvalue weighted by Gasteiger charge is -2.13. The van der Waals surface area contributed by atoms with E-state index in [2.05, 4.69) is 4.98 Å². The summed E-state index contributed by atoms with van der Waals surface area (Å²) in [5, 5.41) is 21.0. The molecule has 1 aliphatic heterocycles. The Hall–Kier alpha value is -2.98. The molecule has 0 aliphatic carbocycles. The zero-order valence-electron chi connectivity index (χ0n) is 14.0. The van der Waals surface area contributed by atoms with Gasteiger partial charge in [-0.3, -0.25) is 24.8 Å². The van der Waals surface area contributed by atoms with Crippen molar-refractivity contribution in [3.63, 3.8) is 0 Å². The van der Waals surface area contributed by atoms with E-state index in [0.29, 0.717) is 14.8 Å². The highest BCUT2D eigenvalue weighted by Crippen LogP contribution is 2.39. The van der Waals surface area contributed by atoms with Crippen LogP contribution in [0.1, 0.15) is 11.1 Å². The van der Waals surface area contributed by atoms with Gasteiger partial charge in [0, 0.05) is 18.5 Å². The first kappa shape index (κ1) is 18.8. The lowest BCUT2D eigenvalue weighted by atomic mass is 10.1. The van der Waals surface area contributed by atoms with Crippen LogP contribution in [0.25, 0.3) is 6.08 Å². The molecule has 0 atom stereocenters. The quantitative estimate of drug-likeness (QED) is 0.351. The van der Waals surface area contributed by atoms with Gasteiger partial charge in [-0.1, -0.05) is 30.0 Å². The summed E-state index contributed by atoms with van der Waals surface area (Å²) in [7, 11) is 1.29. The summed E-state index contributed by atoms with van der Waals surface area (Å²) in [6.45, 7) is 0.287. The minimum absolute atomic E-state index is 0.0544. The summed E-state index contributed by atoms with van der Waals surface area (Å²) in [5.41, 5.74) is 0.668. The Kier molecular flexibility index (Phi) is 5.38. The van der Waals surface area contributed by atoms with Crippen molar-refractivity contribution in [2.24, 2.45) is 0 Å². The number of aromatic nitrogens is 1. The predicted molar refractivity (Wildman–Crippen MR) is 104 cm³/mol. The standard InChI is InChI=1S/C17H13N3O5S2/c1-25-13-6-11(5-12(15(13)21)20(23)24)7-14-16(22)19(17(26)27-14)9-10-3-2-4-18-8-10/h2-8,21H,9H2,1H3. The van der Waals surface area contributed by atoms with Gasteiger partial charge in [0.25, 0.3) is 5.91 Å². The second kappa shape index (κ2) is 7.72. The summed E-state index contributed by atoms with van der Waals surface area (Å²) in [5.74, 6) is -0.923. The summed E-state index contributed by atoms with van der Waals surface area (Å²) in [4.78, 5) is 28.9. The van der Waals surface area contributed by atoms with Gasteiger partial charge in [0.15, 0.2) is 5.75 Å². The molecule has 8 nitrogen and oxygen atoms in total. The maximum Gasteiger partial charge on any atom is 0.315 e. The first-order valence-electron chi connectivity index (χ1n) is 7.60. The predicted octanol–water partition coefficient (Wildman–Crippen LogP) is 3.11. The van der Waals surface area contributed by atoms with E-state index in [1.54, 1.807) is 18.5 Å². The maximum absolute atomic E-state index is 12.7. The molecule has 0 saturated carbocycles. The number of methoxy groups -OCH3 is 1. The van der Waals surface area contributed by atoms with Crippen molar-refractivity contribution in [3.8, 4) is 11.5 Å². The van der Waals surface area contributed by atoms with Crippen LogP contribution in [0.2, 0.25) is 0 Å². The number of thiocarbonyl (C=S) groups is 1. The number of phenolic OH excluding ortho intramolecular Hbond substituents is 1. The Morgan fingerprint density at radius 2 is 2.26 bits per heavy atom. The molecule has 1 aromatic carbocycles. The lowest BCUT2D eigenvalue weighted by molar-refractivity contribution is -0.386. The molecular weight excluding hydrogens is 390 g/mol. The Bertz CT molecular complexity index is 963. The molecule has 1 fully saturated rings. The number of pyridine rings is 1. The number of phenols is 1. The van der Waals surface area contributed by atoms with E-state index in [-0.39, 0.29) is 18.2 Å². The first-order valence-corrected chi connectivity index (χ1v) is 8.83. The van der Waals surface area contributed by atoms with Crippen molar-refractivity contribution in [1.29, 1.82) is 0 Å². The lowest BCUT2D eigenvalue weighted by Crippen LogP contribution is -2.27. The fourth-order valence-corrected chi connectivity index (χ4v) is 3.71. The fraction of sp³-hybridized carbons (Fsp3) is 0.118. The van der Waals surface area contributed by atoms with Crippen LogP contribution in [0, 0.1) is 10.1 Å². The second-order valence-electron chi connectivity index (χ2n) is 5.48. The SMILES string of the molecule is COc1cc(C=C2SC(=S)N(Cc3cccnc3)C2=O)cc([N+](=O)[O-])c1O. The summed E-state index contributed by atoms with van der Waals surface area (Å²) >= 11 is 6.38. The zero-order chi connectivity index (χ0) is 19.6. The largest absolute Gasteiger partial charge is 0.500 e. The highest BCUT2D eigenvalue weighted by Gasteiger charge is 2.32. The van der Waals surface area contributed by atoms with Crippen LogP contribution in [0.15, 0.2) is 41.6 Å². The molecule has 2 heterocycles.